The van der Waals surface area contributed by atoms with E-state index in [1.165, 1.54) is 64.7 Å². The van der Waals surface area contributed by atoms with Gasteiger partial charge in [0.15, 0.2) is 0 Å². The zero-order chi connectivity index (χ0) is 12.3. The Labute approximate surface area is 107 Å². The number of ether oxygens (including phenoxy) is 1. The van der Waals surface area contributed by atoms with E-state index in [2.05, 4.69) is 17.1 Å². The molecule has 0 bridgehead atoms. The Balaban J connectivity index is 2.12. The van der Waals surface area contributed by atoms with E-state index in [1.54, 1.807) is 7.11 Å². The molecule has 1 heterocycles. The Morgan fingerprint density at radius 2 is 2.18 bits per heavy atom. The zero-order valence-electron chi connectivity index (χ0n) is 11.7. The summed E-state index contributed by atoms with van der Waals surface area (Å²) < 4.78 is 5.08. The summed E-state index contributed by atoms with van der Waals surface area (Å²) in [5.41, 5.74) is 0. The minimum absolute atomic E-state index is 0.724. The average molecular weight is 242 g/mol. The fraction of sp³-hybridized carbons (Fsp3) is 1.00. The molecule has 1 rings (SSSR count). The summed E-state index contributed by atoms with van der Waals surface area (Å²) in [6.45, 7) is 8.19. The standard InChI is InChI=1S/C14H30N2O/c1-3-8-14-13-16(11-7-9-15-14)10-5-4-6-12-17-2/h14-15H,3-13H2,1-2H3. The first kappa shape index (κ1) is 14.9. The molecule has 0 saturated carbocycles. The molecule has 1 aliphatic rings. The second kappa shape index (κ2) is 9.86. The molecule has 3 nitrogen and oxygen atoms in total. The van der Waals surface area contributed by atoms with Crippen LogP contribution < -0.4 is 5.32 Å². The lowest BCUT2D eigenvalue weighted by molar-refractivity contribution is 0.188. The molecule has 1 atom stereocenters. The fourth-order valence-electron chi connectivity index (χ4n) is 2.58. The number of nitrogens with zero attached hydrogens (tertiary/aromatic N) is 1. The molecular formula is C14H30N2O. The maximum atomic E-state index is 5.08. The summed E-state index contributed by atoms with van der Waals surface area (Å²) in [6, 6.07) is 0.724. The number of hydrogen-bond donors (Lipinski definition) is 1. The van der Waals surface area contributed by atoms with Crippen LogP contribution in [0.4, 0.5) is 0 Å². The lowest BCUT2D eigenvalue weighted by atomic mass is 10.1. The minimum Gasteiger partial charge on any atom is -0.385 e. The van der Waals surface area contributed by atoms with Gasteiger partial charge in [0.2, 0.25) is 0 Å². The second-order valence-corrected chi connectivity index (χ2v) is 5.15. The van der Waals surface area contributed by atoms with Gasteiger partial charge in [0.1, 0.15) is 0 Å². The van der Waals surface area contributed by atoms with Crippen LogP contribution in [0.15, 0.2) is 0 Å². The molecule has 0 aromatic carbocycles. The van der Waals surface area contributed by atoms with Gasteiger partial charge < -0.3 is 15.0 Å². The average Bonchev–Trinajstić information content (AvgIpc) is 2.55. The Morgan fingerprint density at radius 1 is 1.29 bits per heavy atom. The number of rotatable bonds is 8. The van der Waals surface area contributed by atoms with Gasteiger partial charge in [-0.15, -0.1) is 0 Å². The highest BCUT2D eigenvalue weighted by molar-refractivity contribution is 4.76. The molecule has 1 saturated heterocycles. The van der Waals surface area contributed by atoms with Gasteiger partial charge in [0.25, 0.3) is 0 Å². The van der Waals surface area contributed by atoms with Gasteiger partial charge in [-0.1, -0.05) is 13.3 Å². The Kier molecular flexibility index (Phi) is 8.67. The molecule has 0 aliphatic carbocycles. The largest absolute Gasteiger partial charge is 0.385 e. The molecule has 1 aliphatic heterocycles. The lowest BCUT2D eigenvalue weighted by Gasteiger charge is -2.24. The van der Waals surface area contributed by atoms with Crippen molar-refractivity contribution in [2.75, 3.05) is 39.9 Å². The highest BCUT2D eigenvalue weighted by Gasteiger charge is 2.15. The van der Waals surface area contributed by atoms with Crippen LogP contribution in [0.25, 0.3) is 0 Å². The van der Waals surface area contributed by atoms with Crippen molar-refractivity contribution in [3.8, 4) is 0 Å². The first-order valence-electron chi connectivity index (χ1n) is 7.31. The second-order valence-electron chi connectivity index (χ2n) is 5.15. The number of hydrogen-bond acceptors (Lipinski definition) is 3. The molecule has 0 aromatic rings. The van der Waals surface area contributed by atoms with Gasteiger partial charge in [0.05, 0.1) is 0 Å². The molecule has 0 spiro atoms. The summed E-state index contributed by atoms with van der Waals surface area (Å²) in [7, 11) is 1.79. The van der Waals surface area contributed by atoms with Crippen molar-refractivity contribution in [3.63, 3.8) is 0 Å². The van der Waals surface area contributed by atoms with Crippen molar-refractivity contribution in [3.05, 3.63) is 0 Å². The van der Waals surface area contributed by atoms with E-state index in [0.29, 0.717) is 0 Å². The molecule has 0 radical (unpaired) electrons. The zero-order valence-corrected chi connectivity index (χ0v) is 11.7. The van der Waals surface area contributed by atoms with E-state index >= 15 is 0 Å². The van der Waals surface area contributed by atoms with Gasteiger partial charge in [-0.25, -0.2) is 0 Å². The van der Waals surface area contributed by atoms with E-state index in [4.69, 9.17) is 4.74 Å². The third kappa shape index (κ3) is 7.02. The normalized spacial score (nSPS) is 22.6. The quantitative estimate of drug-likeness (QED) is 0.661. The van der Waals surface area contributed by atoms with Crippen LogP contribution in [0.2, 0.25) is 0 Å². The smallest absolute Gasteiger partial charge is 0.0462 e. The van der Waals surface area contributed by atoms with Crippen molar-refractivity contribution >= 4 is 0 Å². The minimum atomic E-state index is 0.724. The van der Waals surface area contributed by atoms with Gasteiger partial charge in [0, 0.05) is 26.3 Å². The first-order valence-corrected chi connectivity index (χ1v) is 7.31. The molecule has 1 fully saturated rings. The van der Waals surface area contributed by atoms with Crippen LogP contribution in [0.1, 0.15) is 45.4 Å². The van der Waals surface area contributed by atoms with Crippen molar-refractivity contribution in [2.45, 2.75) is 51.5 Å². The maximum Gasteiger partial charge on any atom is 0.0462 e. The summed E-state index contributed by atoms with van der Waals surface area (Å²) in [5, 5.41) is 3.66. The molecule has 1 unspecified atom stereocenters. The Hall–Kier alpha value is -0.120. The summed E-state index contributed by atoms with van der Waals surface area (Å²) in [6.07, 6.45) is 7.75. The van der Waals surface area contributed by atoms with Crippen molar-refractivity contribution in [1.82, 2.24) is 10.2 Å². The lowest BCUT2D eigenvalue weighted by Crippen LogP contribution is -2.37. The molecule has 0 amide bonds. The number of methoxy groups -OCH3 is 1. The summed E-state index contributed by atoms with van der Waals surface area (Å²) >= 11 is 0. The molecule has 102 valence electrons. The molecule has 3 heteroatoms. The van der Waals surface area contributed by atoms with Gasteiger partial charge >= 0.3 is 0 Å². The van der Waals surface area contributed by atoms with Crippen molar-refractivity contribution < 1.29 is 4.74 Å². The first-order chi connectivity index (χ1) is 8.36. The third-order valence-corrected chi connectivity index (χ3v) is 3.52. The monoisotopic (exact) mass is 242 g/mol. The fourth-order valence-corrected chi connectivity index (χ4v) is 2.58. The van der Waals surface area contributed by atoms with Crippen LogP contribution in [-0.4, -0.2) is 50.8 Å². The predicted molar refractivity (Wildman–Crippen MR) is 73.5 cm³/mol. The van der Waals surface area contributed by atoms with Crippen molar-refractivity contribution in [2.24, 2.45) is 0 Å². The third-order valence-electron chi connectivity index (χ3n) is 3.52. The maximum absolute atomic E-state index is 5.08. The Bertz CT molecular complexity index is 176. The highest BCUT2D eigenvalue weighted by Crippen LogP contribution is 2.07. The Morgan fingerprint density at radius 3 is 2.94 bits per heavy atom. The van der Waals surface area contributed by atoms with Crippen LogP contribution in [0.5, 0.6) is 0 Å². The molecule has 1 N–H and O–H groups in total. The predicted octanol–water partition coefficient (Wildman–Crippen LogP) is 2.27. The SMILES string of the molecule is CCCC1CN(CCCCCOC)CCCN1. The van der Waals surface area contributed by atoms with E-state index in [-0.39, 0.29) is 0 Å². The van der Waals surface area contributed by atoms with Crippen molar-refractivity contribution in [1.29, 1.82) is 0 Å². The van der Waals surface area contributed by atoms with Crippen LogP contribution in [0.3, 0.4) is 0 Å². The van der Waals surface area contributed by atoms with Gasteiger partial charge in [-0.05, 0) is 51.7 Å². The van der Waals surface area contributed by atoms with Gasteiger partial charge in [-0.3, -0.25) is 0 Å². The summed E-state index contributed by atoms with van der Waals surface area (Å²) in [4.78, 5) is 2.65. The van der Waals surface area contributed by atoms with E-state index < -0.39 is 0 Å². The molecule has 17 heavy (non-hydrogen) atoms. The number of nitrogens with one attached hydrogen (secondary N) is 1. The summed E-state index contributed by atoms with van der Waals surface area (Å²) in [5.74, 6) is 0. The topological polar surface area (TPSA) is 24.5 Å². The molecule has 0 aromatic heterocycles. The molecular weight excluding hydrogens is 212 g/mol. The number of unbranched alkanes of at least 4 members (excludes halogenated alkanes) is 2. The van der Waals surface area contributed by atoms with E-state index in [1.807, 2.05) is 0 Å². The van der Waals surface area contributed by atoms with Crippen LogP contribution in [-0.2, 0) is 4.74 Å². The highest BCUT2D eigenvalue weighted by atomic mass is 16.5. The van der Waals surface area contributed by atoms with Crippen LogP contribution in [0, 0.1) is 0 Å². The van der Waals surface area contributed by atoms with Gasteiger partial charge in [-0.2, -0.15) is 0 Å². The van der Waals surface area contributed by atoms with E-state index in [0.717, 1.165) is 12.6 Å². The van der Waals surface area contributed by atoms with E-state index in [9.17, 15) is 0 Å². The van der Waals surface area contributed by atoms with Crippen LogP contribution >= 0.6 is 0 Å².